The fourth-order valence-electron chi connectivity index (χ4n) is 1.52. The minimum absolute atomic E-state index is 0.439. The van der Waals surface area contributed by atoms with E-state index in [0.29, 0.717) is 10.7 Å². The Morgan fingerprint density at radius 2 is 2.33 bits per heavy atom. The molecule has 1 aliphatic carbocycles. The lowest BCUT2D eigenvalue weighted by molar-refractivity contribution is -0.140. The highest BCUT2D eigenvalue weighted by atomic mass is 35.5. The van der Waals surface area contributed by atoms with Crippen molar-refractivity contribution in [3.8, 4) is 0 Å². The second-order valence-corrected chi connectivity index (χ2v) is 5.93. The Balaban J connectivity index is 3.10. The van der Waals surface area contributed by atoms with Crippen molar-refractivity contribution in [2.45, 2.75) is 18.7 Å². The molecule has 0 aliphatic heterocycles. The molecule has 1 N–H and O–H groups in total. The normalized spacial score (nSPS) is 32.2. The molecule has 0 saturated carbocycles. The number of rotatable bonds is 3. The van der Waals surface area contributed by atoms with Gasteiger partial charge in [-0.1, -0.05) is 19.1 Å². The summed E-state index contributed by atoms with van der Waals surface area (Å²) in [6.45, 7) is 3.37. The minimum atomic E-state index is -1.21. The first-order valence-corrected chi connectivity index (χ1v) is 6.30. The average Bonchev–Trinajstić information content (AvgIpc) is 2.15. The molecule has 0 aromatic carbocycles. The Bertz CT molecular complexity index is 358. The number of hydrogen-bond donors (Lipinski definition) is 1. The molecule has 0 aromatic rings. The van der Waals surface area contributed by atoms with E-state index in [1.165, 1.54) is 6.08 Å². The Morgan fingerprint density at radius 1 is 1.73 bits per heavy atom. The molecule has 5 heteroatoms. The quantitative estimate of drug-likeness (QED) is 0.777. The maximum atomic E-state index is 11.7. The molecule has 0 amide bonds. The maximum absolute atomic E-state index is 11.7. The summed E-state index contributed by atoms with van der Waals surface area (Å²) >= 11 is 6.18. The number of carbonyl (C=O) groups is 1. The Hall–Kier alpha value is -0.610. The zero-order chi connectivity index (χ0) is 11.6. The molecule has 0 radical (unpaired) electrons. The van der Waals surface area contributed by atoms with E-state index in [2.05, 4.69) is 0 Å². The molecule has 0 spiro atoms. The van der Waals surface area contributed by atoms with E-state index in [-0.39, 0.29) is 0 Å². The first-order chi connectivity index (χ1) is 6.91. The van der Waals surface area contributed by atoms with Gasteiger partial charge >= 0.3 is 5.97 Å². The van der Waals surface area contributed by atoms with Gasteiger partial charge in [0, 0.05) is 10.7 Å². The van der Waals surface area contributed by atoms with Crippen LogP contribution < -0.4 is 0 Å². The number of aliphatic carboxylic acids is 1. The standard InChI is InChI=1S/C10H13ClO3S/c1-3-15(14)8-6-4-5-7(9(12)13)10(8,2)11/h4-7H,3H2,1-2H3,(H,12,13). The summed E-state index contributed by atoms with van der Waals surface area (Å²) < 4.78 is 11.7. The van der Waals surface area contributed by atoms with Crippen LogP contribution >= 0.6 is 11.6 Å². The van der Waals surface area contributed by atoms with E-state index in [0.717, 1.165) is 0 Å². The third-order valence-corrected chi connectivity index (χ3v) is 4.52. The highest BCUT2D eigenvalue weighted by molar-refractivity contribution is 7.89. The fourth-order valence-corrected chi connectivity index (χ4v) is 3.12. The van der Waals surface area contributed by atoms with Crippen molar-refractivity contribution in [1.82, 2.24) is 0 Å². The van der Waals surface area contributed by atoms with E-state index in [1.807, 2.05) is 0 Å². The molecule has 84 valence electrons. The van der Waals surface area contributed by atoms with E-state index in [1.54, 1.807) is 26.0 Å². The van der Waals surface area contributed by atoms with Gasteiger partial charge in [-0.05, 0) is 13.0 Å². The summed E-state index contributed by atoms with van der Waals surface area (Å²) in [6.07, 6.45) is 4.77. The smallest absolute Gasteiger partial charge is 0.312 e. The zero-order valence-electron chi connectivity index (χ0n) is 8.57. The maximum Gasteiger partial charge on any atom is 0.312 e. The monoisotopic (exact) mass is 248 g/mol. The van der Waals surface area contributed by atoms with Crippen molar-refractivity contribution in [2.75, 3.05) is 5.75 Å². The predicted molar refractivity (Wildman–Crippen MR) is 61.3 cm³/mol. The largest absolute Gasteiger partial charge is 0.481 e. The summed E-state index contributed by atoms with van der Waals surface area (Å²) in [5.74, 6) is -1.38. The number of carboxylic acid groups (broad SMARTS) is 1. The Kier molecular flexibility index (Phi) is 3.73. The van der Waals surface area contributed by atoms with Gasteiger partial charge in [-0.3, -0.25) is 9.00 Å². The van der Waals surface area contributed by atoms with Gasteiger partial charge < -0.3 is 5.11 Å². The van der Waals surface area contributed by atoms with Crippen molar-refractivity contribution in [3.63, 3.8) is 0 Å². The Morgan fingerprint density at radius 3 is 2.80 bits per heavy atom. The lowest BCUT2D eigenvalue weighted by atomic mass is 9.89. The van der Waals surface area contributed by atoms with Crippen molar-refractivity contribution < 1.29 is 14.1 Å². The minimum Gasteiger partial charge on any atom is -0.481 e. The molecule has 3 unspecified atom stereocenters. The molecule has 0 bridgehead atoms. The first-order valence-electron chi connectivity index (χ1n) is 4.60. The van der Waals surface area contributed by atoms with Crippen LogP contribution in [0.25, 0.3) is 0 Å². The second-order valence-electron chi connectivity index (χ2n) is 3.44. The van der Waals surface area contributed by atoms with Gasteiger partial charge in [0.2, 0.25) is 0 Å². The molecule has 3 nitrogen and oxygen atoms in total. The summed E-state index contributed by atoms with van der Waals surface area (Å²) in [5, 5.41) is 8.98. The van der Waals surface area contributed by atoms with Crippen molar-refractivity contribution in [1.29, 1.82) is 0 Å². The molecular formula is C10H13ClO3S. The highest BCUT2D eigenvalue weighted by Crippen LogP contribution is 2.38. The lowest BCUT2D eigenvalue weighted by Crippen LogP contribution is -2.38. The van der Waals surface area contributed by atoms with E-state index in [9.17, 15) is 9.00 Å². The van der Waals surface area contributed by atoms with Crippen LogP contribution in [0.4, 0.5) is 0 Å². The molecule has 0 saturated heterocycles. The lowest BCUT2D eigenvalue weighted by Gasteiger charge is -2.31. The molecule has 0 aromatic heterocycles. The van der Waals surface area contributed by atoms with Gasteiger partial charge in [-0.15, -0.1) is 11.6 Å². The number of hydrogen-bond acceptors (Lipinski definition) is 2. The molecule has 3 atom stereocenters. The topological polar surface area (TPSA) is 54.4 Å². The Labute approximate surface area is 96.3 Å². The molecule has 1 aliphatic rings. The predicted octanol–water partition coefficient (Wildman–Crippen LogP) is 1.91. The molecule has 1 rings (SSSR count). The van der Waals surface area contributed by atoms with Gasteiger partial charge in [0.1, 0.15) is 0 Å². The zero-order valence-corrected chi connectivity index (χ0v) is 10.1. The SMILES string of the molecule is CCS(=O)C1=CC=CC(C(=O)O)C1(C)Cl. The third-order valence-electron chi connectivity index (χ3n) is 2.39. The molecule has 15 heavy (non-hydrogen) atoms. The molecular weight excluding hydrogens is 236 g/mol. The van der Waals surface area contributed by atoms with Crippen LogP contribution in [-0.2, 0) is 15.6 Å². The summed E-state index contributed by atoms with van der Waals surface area (Å²) in [6, 6.07) is 0. The van der Waals surface area contributed by atoms with Crippen molar-refractivity contribution in [2.24, 2.45) is 5.92 Å². The number of carboxylic acids is 1. The third kappa shape index (κ3) is 2.32. The van der Waals surface area contributed by atoms with Crippen LogP contribution in [0.2, 0.25) is 0 Å². The van der Waals surface area contributed by atoms with Gasteiger partial charge in [0.15, 0.2) is 0 Å². The number of allylic oxidation sites excluding steroid dienone is 3. The van der Waals surface area contributed by atoms with Gasteiger partial charge in [-0.25, -0.2) is 0 Å². The number of alkyl halides is 1. The van der Waals surface area contributed by atoms with E-state index in [4.69, 9.17) is 16.7 Å². The fraction of sp³-hybridized carbons (Fsp3) is 0.500. The highest BCUT2D eigenvalue weighted by Gasteiger charge is 2.42. The second kappa shape index (κ2) is 4.49. The van der Waals surface area contributed by atoms with E-state index < -0.39 is 27.6 Å². The van der Waals surface area contributed by atoms with Gasteiger partial charge in [0.25, 0.3) is 0 Å². The van der Waals surface area contributed by atoms with Crippen LogP contribution in [0.5, 0.6) is 0 Å². The van der Waals surface area contributed by atoms with E-state index >= 15 is 0 Å². The average molecular weight is 249 g/mol. The van der Waals surface area contributed by atoms with Crippen LogP contribution in [0.3, 0.4) is 0 Å². The summed E-state index contributed by atoms with van der Waals surface area (Å²) in [7, 11) is -1.21. The van der Waals surface area contributed by atoms with Crippen LogP contribution in [-0.4, -0.2) is 25.9 Å². The van der Waals surface area contributed by atoms with Gasteiger partial charge in [-0.2, -0.15) is 0 Å². The summed E-state index contributed by atoms with van der Waals surface area (Å²) in [4.78, 5) is 10.4. The summed E-state index contributed by atoms with van der Waals surface area (Å²) in [5.41, 5.74) is 0. The number of halogens is 1. The van der Waals surface area contributed by atoms with Crippen molar-refractivity contribution >= 4 is 28.4 Å². The van der Waals surface area contributed by atoms with Gasteiger partial charge in [0.05, 0.1) is 21.6 Å². The van der Waals surface area contributed by atoms with Crippen molar-refractivity contribution in [3.05, 3.63) is 23.1 Å². The van der Waals surface area contributed by atoms with Crippen LogP contribution in [0.15, 0.2) is 23.1 Å². The first kappa shape index (κ1) is 12.5. The van der Waals surface area contributed by atoms with Crippen LogP contribution in [0, 0.1) is 5.92 Å². The molecule has 0 fully saturated rings. The molecule has 0 heterocycles. The van der Waals surface area contributed by atoms with Crippen LogP contribution in [0.1, 0.15) is 13.8 Å².